The van der Waals surface area contributed by atoms with E-state index < -0.39 is 59.8 Å². The third-order valence-corrected chi connectivity index (χ3v) is 5.19. The molecule has 0 fully saturated rings. The van der Waals surface area contributed by atoms with E-state index in [1.54, 1.807) is 31.3 Å². The van der Waals surface area contributed by atoms with Crippen LogP contribution >= 0.6 is 0 Å². The maximum atomic E-state index is 14.3. The van der Waals surface area contributed by atoms with Gasteiger partial charge < -0.3 is 0 Å². The number of pyridine rings is 2. The van der Waals surface area contributed by atoms with Crippen LogP contribution in [0.15, 0.2) is 54.9 Å². The lowest BCUT2D eigenvalue weighted by molar-refractivity contribution is -0.134. The molecule has 9 heteroatoms. The van der Waals surface area contributed by atoms with Crippen LogP contribution in [0.25, 0.3) is 10.9 Å². The van der Waals surface area contributed by atoms with Crippen LogP contribution in [0.2, 0.25) is 0 Å². The van der Waals surface area contributed by atoms with Gasteiger partial charge in [-0.25, -0.2) is 17.6 Å². The van der Waals surface area contributed by atoms with Crippen molar-refractivity contribution in [3.8, 4) is 0 Å². The van der Waals surface area contributed by atoms with Crippen molar-refractivity contribution in [1.82, 2.24) is 9.97 Å². The van der Waals surface area contributed by atoms with Crippen molar-refractivity contribution in [2.24, 2.45) is 0 Å². The van der Waals surface area contributed by atoms with Gasteiger partial charge in [-0.05, 0) is 49.6 Å². The van der Waals surface area contributed by atoms with Crippen molar-refractivity contribution in [2.75, 3.05) is 0 Å². The van der Waals surface area contributed by atoms with Crippen molar-refractivity contribution < 1.29 is 30.7 Å². The molecule has 35 heavy (non-hydrogen) atoms. The molecular weight excluding hydrogens is 473 g/mol. The molecule has 0 unspecified atom stereocenters. The number of fused-ring (bicyclic) bond motifs is 1. The minimum Gasteiger partial charge on any atom is -0.264 e. The summed E-state index contributed by atoms with van der Waals surface area (Å²) in [6.45, 7) is 3.78. The van der Waals surface area contributed by atoms with Crippen LogP contribution in [0.4, 0.5) is 30.7 Å². The number of aryl methyl sites for hydroxylation is 2. The monoisotopic (exact) mass is 494 g/mol. The second-order valence-electron chi connectivity index (χ2n) is 8.02. The molecular formula is C26H21F7N2. The summed E-state index contributed by atoms with van der Waals surface area (Å²) >= 11 is 0. The molecule has 0 saturated carbocycles. The highest BCUT2D eigenvalue weighted by molar-refractivity contribution is 5.79. The molecule has 0 aliphatic rings. The fraction of sp³-hybridized carbons (Fsp3) is 0.231. The lowest BCUT2D eigenvalue weighted by atomic mass is 9.98. The molecule has 2 heterocycles. The van der Waals surface area contributed by atoms with E-state index in [1.165, 1.54) is 17.7 Å². The summed E-state index contributed by atoms with van der Waals surface area (Å²) in [5, 5.41) is 0.773. The van der Waals surface area contributed by atoms with Crippen molar-refractivity contribution in [3.05, 3.63) is 106 Å². The highest BCUT2D eigenvalue weighted by atomic mass is 19.4. The minimum absolute atomic E-state index is 0.352. The third-order valence-electron chi connectivity index (χ3n) is 5.19. The first-order chi connectivity index (χ1) is 16.5. The predicted molar refractivity (Wildman–Crippen MR) is 119 cm³/mol. The SMILES string of the molecule is Cc1ccc2ccc(Cc3c(F)c(F)c(CCC(F)(F)F)c(F)c3F)cc2n1.Cc1cccnc1. The average molecular weight is 494 g/mol. The summed E-state index contributed by atoms with van der Waals surface area (Å²) in [5.41, 5.74) is 0.701. The quantitative estimate of drug-likeness (QED) is 0.216. The topological polar surface area (TPSA) is 25.8 Å². The van der Waals surface area contributed by atoms with Crippen molar-refractivity contribution >= 4 is 10.9 Å². The zero-order valence-corrected chi connectivity index (χ0v) is 18.9. The minimum atomic E-state index is -4.71. The molecule has 0 amide bonds. The first kappa shape index (κ1) is 26.1. The number of aromatic nitrogens is 2. The van der Waals surface area contributed by atoms with Gasteiger partial charge in [-0.3, -0.25) is 9.97 Å². The lowest BCUT2D eigenvalue weighted by Crippen LogP contribution is -2.14. The Labute approximate surface area is 197 Å². The summed E-state index contributed by atoms with van der Waals surface area (Å²) in [4.78, 5) is 8.16. The van der Waals surface area contributed by atoms with E-state index in [9.17, 15) is 30.7 Å². The molecule has 2 aromatic heterocycles. The molecule has 2 aromatic carbocycles. The molecule has 0 aliphatic carbocycles. The molecule has 2 nitrogen and oxygen atoms in total. The van der Waals surface area contributed by atoms with Crippen molar-refractivity contribution in [2.45, 2.75) is 39.3 Å². The van der Waals surface area contributed by atoms with Gasteiger partial charge in [-0.1, -0.05) is 24.3 Å². The van der Waals surface area contributed by atoms with Gasteiger partial charge in [-0.15, -0.1) is 0 Å². The molecule has 0 N–H and O–H groups in total. The summed E-state index contributed by atoms with van der Waals surface area (Å²) in [5.74, 6) is -6.97. The van der Waals surface area contributed by atoms with Crippen LogP contribution in [0, 0.1) is 37.1 Å². The Morgan fingerprint density at radius 3 is 1.97 bits per heavy atom. The van der Waals surface area contributed by atoms with E-state index in [4.69, 9.17) is 0 Å². The second-order valence-corrected chi connectivity index (χ2v) is 8.02. The fourth-order valence-corrected chi connectivity index (χ4v) is 3.39. The Balaban J connectivity index is 0.000000420. The van der Waals surface area contributed by atoms with E-state index in [0.717, 1.165) is 5.39 Å². The van der Waals surface area contributed by atoms with Crippen LogP contribution in [-0.2, 0) is 12.8 Å². The standard InChI is InChI=1S/C20H14F7N.C6H7N/c1-10-2-4-12-5-3-11(9-15(12)28-10)8-14-18(23)16(21)13(17(22)19(14)24)6-7-20(25,26)27;1-6-3-2-4-7-5-6/h2-5,9H,6-8H2,1H3;2-5H,1H3. The molecule has 0 aliphatic heterocycles. The number of rotatable bonds is 4. The largest absolute Gasteiger partial charge is 0.389 e. The molecule has 184 valence electrons. The summed E-state index contributed by atoms with van der Waals surface area (Å²) in [6, 6.07) is 12.3. The Hall–Kier alpha value is -3.49. The van der Waals surface area contributed by atoms with E-state index in [2.05, 4.69) is 9.97 Å². The Morgan fingerprint density at radius 2 is 1.43 bits per heavy atom. The maximum absolute atomic E-state index is 14.3. The van der Waals surface area contributed by atoms with Gasteiger partial charge in [0, 0.05) is 47.4 Å². The van der Waals surface area contributed by atoms with E-state index in [0.29, 0.717) is 16.8 Å². The van der Waals surface area contributed by atoms with Gasteiger partial charge in [0.25, 0.3) is 0 Å². The number of hydrogen-bond donors (Lipinski definition) is 0. The number of alkyl halides is 3. The molecule has 4 aromatic rings. The smallest absolute Gasteiger partial charge is 0.264 e. The zero-order valence-electron chi connectivity index (χ0n) is 18.9. The molecule has 0 radical (unpaired) electrons. The normalized spacial score (nSPS) is 11.3. The Morgan fingerprint density at radius 1 is 0.800 bits per heavy atom. The van der Waals surface area contributed by atoms with E-state index >= 15 is 0 Å². The number of nitrogens with zero attached hydrogens (tertiary/aromatic N) is 2. The van der Waals surface area contributed by atoms with Crippen LogP contribution in [0.5, 0.6) is 0 Å². The molecule has 0 bridgehead atoms. The number of hydrogen-bond acceptors (Lipinski definition) is 2. The molecule has 0 saturated heterocycles. The molecule has 0 spiro atoms. The van der Waals surface area contributed by atoms with E-state index in [-0.39, 0.29) is 0 Å². The Kier molecular flexibility index (Phi) is 8.09. The van der Waals surface area contributed by atoms with Gasteiger partial charge in [0.15, 0.2) is 23.3 Å². The lowest BCUT2D eigenvalue weighted by Gasteiger charge is -2.13. The summed E-state index contributed by atoms with van der Waals surface area (Å²) in [6.07, 6.45) is -4.35. The fourth-order valence-electron chi connectivity index (χ4n) is 3.39. The van der Waals surface area contributed by atoms with Crippen LogP contribution < -0.4 is 0 Å². The highest BCUT2D eigenvalue weighted by Gasteiger charge is 2.31. The molecule has 0 atom stereocenters. The van der Waals surface area contributed by atoms with Crippen molar-refractivity contribution in [1.29, 1.82) is 0 Å². The first-order valence-electron chi connectivity index (χ1n) is 10.6. The average Bonchev–Trinajstić information content (AvgIpc) is 2.80. The maximum Gasteiger partial charge on any atom is 0.389 e. The predicted octanol–water partition coefficient (Wildman–Crippen LogP) is 7.58. The Bertz CT molecular complexity index is 1290. The number of halogens is 7. The zero-order chi connectivity index (χ0) is 25.8. The van der Waals surface area contributed by atoms with Gasteiger partial charge in [0.05, 0.1) is 5.52 Å². The van der Waals surface area contributed by atoms with Gasteiger partial charge in [0.1, 0.15) is 0 Å². The first-order valence-corrected chi connectivity index (χ1v) is 10.6. The second kappa shape index (κ2) is 10.8. The van der Waals surface area contributed by atoms with Crippen molar-refractivity contribution in [3.63, 3.8) is 0 Å². The van der Waals surface area contributed by atoms with Crippen LogP contribution in [0.3, 0.4) is 0 Å². The number of benzene rings is 2. The summed E-state index contributed by atoms with van der Waals surface area (Å²) in [7, 11) is 0. The van der Waals surface area contributed by atoms with Gasteiger partial charge in [-0.2, -0.15) is 13.2 Å². The highest BCUT2D eigenvalue weighted by Crippen LogP contribution is 2.30. The van der Waals surface area contributed by atoms with Gasteiger partial charge in [0.2, 0.25) is 0 Å². The van der Waals surface area contributed by atoms with E-state index in [1.807, 2.05) is 25.3 Å². The third kappa shape index (κ3) is 6.77. The molecule has 4 rings (SSSR count). The van der Waals surface area contributed by atoms with Crippen LogP contribution in [-0.4, -0.2) is 16.1 Å². The van der Waals surface area contributed by atoms with Gasteiger partial charge >= 0.3 is 6.18 Å². The van der Waals surface area contributed by atoms with Crippen LogP contribution in [0.1, 0.15) is 34.4 Å². The summed E-state index contributed by atoms with van der Waals surface area (Å²) < 4.78 is 93.7.